The van der Waals surface area contributed by atoms with Crippen LogP contribution in [0.4, 0.5) is 0 Å². The first-order valence-corrected chi connectivity index (χ1v) is 7.85. The number of hydrogen-bond acceptors (Lipinski definition) is 2. The Bertz CT molecular complexity index is 431. The Labute approximate surface area is 116 Å². The highest BCUT2D eigenvalue weighted by Gasteiger charge is 2.37. The molecule has 0 aromatic carbocycles. The number of nitrogens with zero attached hydrogens (tertiary/aromatic N) is 2. The van der Waals surface area contributed by atoms with Crippen molar-refractivity contribution in [2.75, 3.05) is 13.1 Å². The molecule has 1 aromatic heterocycles. The minimum Gasteiger partial charge on any atom is -0.331 e. The van der Waals surface area contributed by atoms with E-state index >= 15 is 0 Å². The summed E-state index contributed by atoms with van der Waals surface area (Å²) >= 11 is 0. The summed E-state index contributed by atoms with van der Waals surface area (Å²) in [5.41, 5.74) is 1.78. The molecule has 2 fully saturated rings. The van der Waals surface area contributed by atoms with E-state index in [1.54, 1.807) is 0 Å². The van der Waals surface area contributed by atoms with E-state index in [0.717, 1.165) is 24.9 Å². The molecule has 1 aliphatic carbocycles. The van der Waals surface area contributed by atoms with Gasteiger partial charge in [0.05, 0.1) is 6.33 Å². The molecule has 3 rings (SSSR count). The van der Waals surface area contributed by atoms with E-state index in [0.29, 0.717) is 11.5 Å². The summed E-state index contributed by atoms with van der Waals surface area (Å²) in [6.07, 6.45) is 9.36. The summed E-state index contributed by atoms with van der Waals surface area (Å²) in [6.45, 7) is 9.51. The third-order valence-electron chi connectivity index (χ3n) is 5.77. The number of aromatic nitrogens is 2. The molecule has 0 spiro atoms. The van der Waals surface area contributed by atoms with Crippen molar-refractivity contribution in [3.05, 3.63) is 18.2 Å². The lowest BCUT2D eigenvalue weighted by molar-refractivity contribution is 0.286. The molecule has 3 heteroatoms. The SMILES string of the molecule is CC1CCC(n2cncc2C2(C)CCNCC2)C1C. The van der Waals surface area contributed by atoms with Gasteiger partial charge in [0.1, 0.15) is 0 Å². The topological polar surface area (TPSA) is 29.9 Å². The van der Waals surface area contributed by atoms with Crippen molar-refractivity contribution in [2.45, 2.75) is 57.9 Å². The van der Waals surface area contributed by atoms with E-state index in [1.165, 1.54) is 31.4 Å². The number of rotatable bonds is 2. The number of hydrogen-bond donors (Lipinski definition) is 1. The number of piperidine rings is 1. The summed E-state index contributed by atoms with van der Waals surface area (Å²) in [7, 11) is 0. The van der Waals surface area contributed by atoms with E-state index in [4.69, 9.17) is 0 Å². The molecule has 1 saturated carbocycles. The van der Waals surface area contributed by atoms with Gasteiger partial charge in [0, 0.05) is 23.3 Å². The minimum atomic E-state index is 0.313. The summed E-state index contributed by atoms with van der Waals surface area (Å²) in [5, 5.41) is 3.48. The Hall–Kier alpha value is -0.830. The van der Waals surface area contributed by atoms with Crippen molar-refractivity contribution in [2.24, 2.45) is 11.8 Å². The zero-order valence-corrected chi connectivity index (χ0v) is 12.5. The van der Waals surface area contributed by atoms with Gasteiger partial charge in [-0.25, -0.2) is 4.98 Å². The monoisotopic (exact) mass is 261 g/mol. The van der Waals surface area contributed by atoms with Crippen LogP contribution in [0, 0.1) is 11.8 Å². The molecule has 1 aromatic rings. The van der Waals surface area contributed by atoms with Gasteiger partial charge >= 0.3 is 0 Å². The molecule has 2 aliphatic rings. The van der Waals surface area contributed by atoms with Gasteiger partial charge < -0.3 is 9.88 Å². The van der Waals surface area contributed by atoms with E-state index in [9.17, 15) is 0 Å². The van der Waals surface area contributed by atoms with Crippen LogP contribution in [0.25, 0.3) is 0 Å². The highest BCUT2D eigenvalue weighted by Crippen LogP contribution is 2.43. The average Bonchev–Trinajstić information content (AvgIpc) is 2.99. The molecule has 3 nitrogen and oxygen atoms in total. The van der Waals surface area contributed by atoms with Crippen LogP contribution in [0.3, 0.4) is 0 Å². The first-order chi connectivity index (χ1) is 9.12. The molecule has 0 amide bonds. The molecule has 19 heavy (non-hydrogen) atoms. The fourth-order valence-electron chi connectivity index (χ4n) is 4.00. The fourth-order valence-corrected chi connectivity index (χ4v) is 4.00. The molecule has 3 atom stereocenters. The smallest absolute Gasteiger partial charge is 0.0951 e. The lowest BCUT2D eigenvalue weighted by atomic mass is 9.78. The predicted octanol–water partition coefficient (Wildman–Crippen LogP) is 3.13. The highest BCUT2D eigenvalue weighted by molar-refractivity contribution is 5.17. The zero-order chi connectivity index (χ0) is 13.5. The van der Waals surface area contributed by atoms with Crippen LogP contribution in [0.5, 0.6) is 0 Å². The number of nitrogens with one attached hydrogen (secondary N) is 1. The maximum atomic E-state index is 4.49. The Morgan fingerprint density at radius 2 is 2.00 bits per heavy atom. The maximum absolute atomic E-state index is 4.49. The summed E-state index contributed by atoms with van der Waals surface area (Å²) in [4.78, 5) is 4.49. The Kier molecular flexibility index (Phi) is 3.42. The van der Waals surface area contributed by atoms with E-state index in [2.05, 4.69) is 48.2 Å². The van der Waals surface area contributed by atoms with Crippen LogP contribution in [0.15, 0.2) is 12.5 Å². The molecular formula is C16H27N3. The highest BCUT2D eigenvalue weighted by atomic mass is 15.1. The van der Waals surface area contributed by atoms with Crippen LogP contribution in [-0.2, 0) is 5.41 Å². The van der Waals surface area contributed by atoms with Crippen molar-refractivity contribution in [1.29, 1.82) is 0 Å². The van der Waals surface area contributed by atoms with Crippen molar-refractivity contribution < 1.29 is 0 Å². The predicted molar refractivity (Wildman–Crippen MR) is 78.3 cm³/mol. The fraction of sp³-hybridized carbons (Fsp3) is 0.812. The molecular weight excluding hydrogens is 234 g/mol. The largest absolute Gasteiger partial charge is 0.331 e. The normalized spacial score (nSPS) is 34.6. The van der Waals surface area contributed by atoms with E-state index in [1.807, 2.05) is 0 Å². The summed E-state index contributed by atoms with van der Waals surface area (Å²) in [6, 6.07) is 0.666. The lowest BCUT2D eigenvalue weighted by Crippen LogP contribution is -2.39. The molecule has 1 N–H and O–H groups in total. The van der Waals surface area contributed by atoms with E-state index in [-0.39, 0.29) is 0 Å². The van der Waals surface area contributed by atoms with Crippen molar-refractivity contribution in [3.8, 4) is 0 Å². The van der Waals surface area contributed by atoms with Crippen LogP contribution < -0.4 is 5.32 Å². The Morgan fingerprint density at radius 1 is 1.26 bits per heavy atom. The molecule has 3 unspecified atom stereocenters. The van der Waals surface area contributed by atoms with Crippen LogP contribution in [-0.4, -0.2) is 22.6 Å². The van der Waals surface area contributed by atoms with Gasteiger partial charge in [-0.1, -0.05) is 20.8 Å². The third-order valence-corrected chi connectivity index (χ3v) is 5.77. The van der Waals surface area contributed by atoms with Gasteiger partial charge in [-0.05, 0) is 50.6 Å². The Morgan fingerprint density at radius 3 is 2.63 bits per heavy atom. The second kappa shape index (κ2) is 4.93. The van der Waals surface area contributed by atoms with Gasteiger partial charge in [0.2, 0.25) is 0 Å². The standard InChI is InChI=1S/C16H27N3/c1-12-4-5-14(13(12)2)19-11-18-10-15(19)16(3)6-8-17-9-7-16/h10-14,17H,4-9H2,1-3H3. The molecule has 0 bridgehead atoms. The number of imidazole rings is 1. The van der Waals surface area contributed by atoms with Gasteiger partial charge in [-0.3, -0.25) is 0 Å². The van der Waals surface area contributed by atoms with E-state index < -0.39 is 0 Å². The second-order valence-corrected chi connectivity index (χ2v) is 6.98. The summed E-state index contributed by atoms with van der Waals surface area (Å²) < 4.78 is 2.51. The second-order valence-electron chi connectivity index (χ2n) is 6.98. The maximum Gasteiger partial charge on any atom is 0.0951 e. The van der Waals surface area contributed by atoms with Crippen molar-refractivity contribution in [3.63, 3.8) is 0 Å². The minimum absolute atomic E-state index is 0.313. The Balaban J connectivity index is 1.90. The summed E-state index contributed by atoms with van der Waals surface area (Å²) in [5.74, 6) is 1.62. The molecule has 0 radical (unpaired) electrons. The van der Waals surface area contributed by atoms with Crippen LogP contribution in [0.1, 0.15) is 58.2 Å². The van der Waals surface area contributed by atoms with Gasteiger partial charge in [0.15, 0.2) is 0 Å². The van der Waals surface area contributed by atoms with Gasteiger partial charge in [0.25, 0.3) is 0 Å². The lowest BCUT2D eigenvalue weighted by Gasteiger charge is -2.36. The zero-order valence-electron chi connectivity index (χ0n) is 12.5. The van der Waals surface area contributed by atoms with Crippen molar-refractivity contribution >= 4 is 0 Å². The van der Waals surface area contributed by atoms with Crippen LogP contribution in [0.2, 0.25) is 0 Å². The van der Waals surface area contributed by atoms with Crippen LogP contribution >= 0.6 is 0 Å². The molecule has 1 aliphatic heterocycles. The third kappa shape index (κ3) is 2.22. The first kappa shape index (κ1) is 13.2. The van der Waals surface area contributed by atoms with Gasteiger partial charge in [-0.2, -0.15) is 0 Å². The first-order valence-electron chi connectivity index (χ1n) is 7.85. The molecule has 1 saturated heterocycles. The average molecular weight is 261 g/mol. The van der Waals surface area contributed by atoms with Gasteiger partial charge in [-0.15, -0.1) is 0 Å². The molecule has 106 valence electrons. The van der Waals surface area contributed by atoms with Crippen molar-refractivity contribution in [1.82, 2.24) is 14.9 Å². The molecule has 2 heterocycles. The quantitative estimate of drug-likeness (QED) is 0.886.